The highest BCUT2D eigenvalue weighted by atomic mass is 16.5. The summed E-state index contributed by atoms with van der Waals surface area (Å²) in [5, 5.41) is 3.67. The maximum absolute atomic E-state index is 6.31. The monoisotopic (exact) mass is 289 g/mol. The van der Waals surface area contributed by atoms with Gasteiger partial charge in [-0.3, -0.25) is 0 Å². The molecule has 2 nitrogen and oxygen atoms in total. The largest absolute Gasteiger partial charge is 0.489 e. The molecule has 21 heavy (non-hydrogen) atoms. The zero-order valence-corrected chi connectivity index (χ0v) is 13.9. The second-order valence-electron chi connectivity index (χ2n) is 6.53. The molecule has 2 heteroatoms. The van der Waals surface area contributed by atoms with Gasteiger partial charge in [-0.2, -0.15) is 0 Å². The molecule has 0 bridgehead atoms. The number of ether oxygens (including phenoxy) is 1. The van der Waals surface area contributed by atoms with Gasteiger partial charge in [-0.05, 0) is 62.3 Å². The van der Waals surface area contributed by atoms with E-state index < -0.39 is 0 Å². The Morgan fingerprint density at radius 1 is 1.10 bits per heavy atom. The SMILES string of the molecule is CCCNC1CCC(C)CC1Oc1ccc(CCC)cc1. The normalized spacial score (nSPS) is 25.8. The van der Waals surface area contributed by atoms with Crippen LogP contribution in [0, 0.1) is 5.92 Å². The number of hydrogen-bond donors (Lipinski definition) is 1. The van der Waals surface area contributed by atoms with E-state index >= 15 is 0 Å². The van der Waals surface area contributed by atoms with Crippen LogP contribution in [0.1, 0.15) is 58.4 Å². The Morgan fingerprint density at radius 3 is 2.52 bits per heavy atom. The van der Waals surface area contributed by atoms with Crippen molar-refractivity contribution in [3.05, 3.63) is 29.8 Å². The van der Waals surface area contributed by atoms with Crippen molar-refractivity contribution in [2.45, 2.75) is 71.4 Å². The summed E-state index contributed by atoms with van der Waals surface area (Å²) in [5.41, 5.74) is 1.41. The molecule has 0 amide bonds. The van der Waals surface area contributed by atoms with E-state index in [4.69, 9.17) is 4.74 Å². The summed E-state index contributed by atoms with van der Waals surface area (Å²) < 4.78 is 6.31. The van der Waals surface area contributed by atoms with E-state index in [-0.39, 0.29) is 0 Å². The van der Waals surface area contributed by atoms with Crippen LogP contribution >= 0.6 is 0 Å². The predicted molar refractivity (Wildman–Crippen MR) is 89.9 cm³/mol. The summed E-state index contributed by atoms with van der Waals surface area (Å²) in [7, 11) is 0. The average Bonchev–Trinajstić information content (AvgIpc) is 2.49. The fourth-order valence-electron chi connectivity index (χ4n) is 3.22. The van der Waals surface area contributed by atoms with Crippen LogP contribution in [0.15, 0.2) is 24.3 Å². The Labute approximate surface area is 130 Å². The van der Waals surface area contributed by atoms with Crippen LogP contribution in [-0.2, 0) is 6.42 Å². The topological polar surface area (TPSA) is 21.3 Å². The van der Waals surface area contributed by atoms with Crippen molar-refractivity contribution in [2.75, 3.05) is 6.54 Å². The third-order valence-electron chi connectivity index (χ3n) is 4.46. The van der Waals surface area contributed by atoms with Gasteiger partial charge in [0.2, 0.25) is 0 Å². The highest BCUT2D eigenvalue weighted by Gasteiger charge is 2.29. The van der Waals surface area contributed by atoms with E-state index in [1.54, 1.807) is 0 Å². The Kier molecular flexibility index (Phi) is 6.56. The van der Waals surface area contributed by atoms with Gasteiger partial charge in [-0.15, -0.1) is 0 Å². The number of hydrogen-bond acceptors (Lipinski definition) is 2. The van der Waals surface area contributed by atoms with Gasteiger partial charge in [0.05, 0.1) is 0 Å². The Bertz CT molecular complexity index is 399. The fourth-order valence-corrected chi connectivity index (χ4v) is 3.22. The molecule has 0 radical (unpaired) electrons. The molecule has 1 aliphatic rings. The lowest BCUT2D eigenvalue weighted by Crippen LogP contribution is -2.47. The molecule has 118 valence electrons. The summed E-state index contributed by atoms with van der Waals surface area (Å²) in [6.45, 7) is 7.88. The van der Waals surface area contributed by atoms with Gasteiger partial charge < -0.3 is 10.1 Å². The molecule has 0 spiro atoms. The Morgan fingerprint density at radius 2 is 1.86 bits per heavy atom. The van der Waals surface area contributed by atoms with Crippen molar-refractivity contribution in [1.29, 1.82) is 0 Å². The standard InChI is InChI=1S/C19H31NO/c1-4-6-16-8-10-17(11-9-16)21-19-14-15(3)7-12-18(19)20-13-5-2/h8-11,15,18-20H,4-7,12-14H2,1-3H3. The zero-order chi connectivity index (χ0) is 15.1. The van der Waals surface area contributed by atoms with E-state index in [1.807, 2.05) is 0 Å². The molecule has 3 unspecified atom stereocenters. The summed E-state index contributed by atoms with van der Waals surface area (Å²) in [6, 6.07) is 9.21. The van der Waals surface area contributed by atoms with Crippen molar-refractivity contribution >= 4 is 0 Å². The lowest BCUT2D eigenvalue weighted by Gasteiger charge is -2.35. The minimum Gasteiger partial charge on any atom is -0.489 e. The summed E-state index contributed by atoms with van der Waals surface area (Å²) in [5.74, 6) is 1.80. The second-order valence-corrected chi connectivity index (χ2v) is 6.53. The van der Waals surface area contributed by atoms with Gasteiger partial charge in [0.15, 0.2) is 0 Å². The number of rotatable bonds is 7. The van der Waals surface area contributed by atoms with E-state index in [9.17, 15) is 0 Å². The van der Waals surface area contributed by atoms with Crippen LogP contribution in [0.25, 0.3) is 0 Å². The molecular weight excluding hydrogens is 258 g/mol. The van der Waals surface area contributed by atoms with Gasteiger partial charge >= 0.3 is 0 Å². The van der Waals surface area contributed by atoms with E-state index in [2.05, 4.69) is 50.4 Å². The molecule has 1 aromatic carbocycles. The highest BCUT2D eigenvalue weighted by Crippen LogP contribution is 2.28. The molecule has 1 aromatic rings. The molecule has 1 saturated carbocycles. The van der Waals surface area contributed by atoms with Gasteiger partial charge in [0.25, 0.3) is 0 Å². The molecule has 0 aliphatic heterocycles. The van der Waals surface area contributed by atoms with Gasteiger partial charge in [0, 0.05) is 6.04 Å². The molecule has 3 atom stereocenters. The lowest BCUT2D eigenvalue weighted by atomic mass is 9.85. The number of nitrogens with one attached hydrogen (secondary N) is 1. The number of aryl methyl sites for hydroxylation is 1. The first-order valence-electron chi connectivity index (χ1n) is 8.71. The quantitative estimate of drug-likeness (QED) is 0.793. The number of benzene rings is 1. The van der Waals surface area contributed by atoms with Crippen molar-refractivity contribution in [1.82, 2.24) is 5.32 Å². The summed E-state index contributed by atoms with van der Waals surface area (Å²) in [4.78, 5) is 0. The smallest absolute Gasteiger partial charge is 0.119 e. The van der Waals surface area contributed by atoms with Crippen LogP contribution in [-0.4, -0.2) is 18.7 Å². The Balaban J connectivity index is 1.96. The van der Waals surface area contributed by atoms with Crippen LogP contribution in [0.2, 0.25) is 0 Å². The molecule has 2 rings (SSSR count). The van der Waals surface area contributed by atoms with Crippen molar-refractivity contribution in [3.8, 4) is 5.75 Å². The first-order chi connectivity index (χ1) is 10.2. The molecule has 1 aliphatic carbocycles. The summed E-state index contributed by atoms with van der Waals surface area (Å²) >= 11 is 0. The third kappa shape index (κ3) is 5.03. The maximum Gasteiger partial charge on any atom is 0.119 e. The van der Waals surface area contributed by atoms with Crippen LogP contribution in [0.4, 0.5) is 0 Å². The Hall–Kier alpha value is -1.02. The average molecular weight is 289 g/mol. The third-order valence-corrected chi connectivity index (χ3v) is 4.46. The zero-order valence-electron chi connectivity index (χ0n) is 13.9. The first-order valence-corrected chi connectivity index (χ1v) is 8.71. The van der Waals surface area contributed by atoms with Gasteiger partial charge in [-0.25, -0.2) is 0 Å². The second kappa shape index (κ2) is 8.43. The first kappa shape index (κ1) is 16.4. The molecule has 0 saturated heterocycles. The van der Waals surface area contributed by atoms with Crippen molar-refractivity contribution in [2.24, 2.45) is 5.92 Å². The highest BCUT2D eigenvalue weighted by molar-refractivity contribution is 5.27. The molecule has 1 N–H and O–H groups in total. The van der Waals surface area contributed by atoms with Crippen molar-refractivity contribution in [3.63, 3.8) is 0 Å². The predicted octanol–water partition coefficient (Wildman–Crippen LogP) is 4.57. The van der Waals surface area contributed by atoms with Gasteiger partial charge in [0.1, 0.15) is 11.9 Å². The van der Waals surface area contributed by atoms with Gasteiger partial charge in [-0.1, -0.05) is 39.3 Å². The molecular formula is C19H31NO. The van der Waals surface area contributed by atoms with E-state index in [0.717, 1.165) is 31.1 Å². The lowest BCUT2D eigenvalue weighted by molar-refractivity contribution is 0.0909. The molecule has 1 fully saturated rings. The summed E-state index contributed by atoms with van der Waals surface area (Å²) in [6.07, 6.45) is 7.57. The minimum absolute atomic E-state index is 0.317. The molecule has 0 heterocycles. The van der Waals surface area contributed by atoms with Crippen molar-refractivity contribution < 1.29 is 4.74 Å². The van der Waals surface area contributed by atoms with Crippen LogP contribution < -0.4 is 10.1 Å². The fraction of sp³-hybridized carbons (Fsp3) is 0.684. The van der Waals surface area contributed by atoms with E-state index in [1.165, 1.54) is 31.2 Å². The van der Waals surface area contributed by atoms with Crippen LogP contribution in [0.3, 0.4) is 0 Å². The van der Waals surface area contributed by atoms with Crippen LogP contribution in [0.5, 0.6) is 5.75 Å². The molecule has 0 aromatic heterocycles. The minimum atomic E-state index is 0.317. The van der Waals surface area contributed by atoms with E-state index in [0.29, 0.717) is 12.1 Å². The maximum atomic E-state index is 6.31.